The molecule has 0 aromatic heterocycles. The van der Waals surface area contributed by atoms with Crippen molar-refractivity contribution < 1.29 is 14.7 Å². The number of likely N-dealkylation sites (N-methyl/N-ethyl adjacent to an activating group) is 1. The number of hydrogen-bond acceptors (Lipinski definition) is 3. The van der Waals surface area contributed by atoms with Gasteiger partial charge in [-0.15, -0.1) is 0 Å². The molecule has 1 aliphatic rings. The van der Waals surface area contributed by atoms with Crippen LogP contribution in [0, 0.1) is 11.3 Å². The fraction of sp³-hybridized carbons (Fsp3) is 0.857. The Labute approximate surface area is 115 Å². The minimum atomic E-state index is -1.17. The third-order valence-corrected chi connectivity index (χ3v) is 3.73. The molecule has 110 valence electrons. The number of hydrogen-bond donors (Lipinski definition) is 2. The van der Waals surface area contributed by atoms with Gasteiger partial charge in [0.1, 0.15) is 5.41 Å². The van der Waals surface area contributed by atoms with Gasteiger partial charge in [-0.05, 0) is 39.3 Å². The normalized spacial score (nSPS) is 19.1. The lowest BCUT2D eigenvalue weighted by Crippen LogP contribution is -2.55. The van der Waals surface area contributed by atoms with E-state index in [9.17, 15) is 14.7 Å². The standard InChI is InChI=1S/C14H26N2O3/c1-10(2)8-11(9-16(3)4)15-12(17)14(13(18)19)6-5-7-14/h10-11H,5-9H2,1-4H3,(H,15,17)(H,18,19). The third-order valence-electron chi connectivity index (χ3n) is 3.73. The van der Waals surface area contributed by atoms with Crippen LogP contribution in [0.25, 0.3) is 0 Å². The largest absolute Gasteiger partial charge is 0.480 e. The first-order chi connectivity index (χ1) is 8.78. The summed E-state index contributed by atoms with van der Waals surface area (Å²) in [6.07, 6.45) is 2.61. The number of amides is 1. The Morgan fingerprint density at radius 2 is 1.89 bits per heavy atom. The van der Waals surface area contributed by atoms with Crippen LogP contribution in [0.2, 0.25) is 0 Å². The van der Waals surface area contributed by atoms with E-state index in [0.29, 0.717) is 18.8 Å². The number of rotatable bonds is 7. The molecule has 1 amide bonds. The van der Waals surface area contributed by atoms with Gasteiger partial charge in [-0.1, -0.05) is 20.3 Å². The molecule has 0 aromatic rings. The molecule has 1 unspecified atom stereocenters. The molecular formula is C14H26N2O3. The highest BCUT2D eigenvalue weighted by atomic mass is 16.4. The zero-order valence-corrected chi connectivity index (χ0v) is 12.4. The van der Waals surface area contributed by atoms with Crippen LogP contribution in [0.1, 0.15) is 39.5 Å². The van der Waals surface area contributed by atoms with E-state index in [4.69, 9.17) is 0 Å². The molecule has 1 rings (SSSR count). The van der Waals surface area contributed by atoms with Gasteiger partial charge in [0.25, 0.3) is 0 Å². The molecule has 1 aliphatic carbocycles. The summed E-state index contributed by atoms with van der Waals surface area (Å²) in [4.78, 5) is 25.6. The van der Waals surface area contributed by atoms with Gasteiger partial charge in [0.15, 0.2) is 0 Å². The maximum atomic E-state index is 12.3. The van der Waals surface area contributed by atoms with Crippen LogP contribution in [0.15, 0.2) is 0 Å². The number of aliphatic carboxylic acids is 1. The monoisotopic (exact) mass is 270 g/mol. The van der Waals surface area contributed by atoms with Gasteiger partial charge < -0.3 is 15.3 Å². The van der Waals surface area contributed by atoms with Crippen molar-refractivity contribution >= 4 is 11.9 Å². The smallest absolute Gasteiger partial charge is 0.319 e. The summed E-state index contributed by atoms with van der Waals surface area (Å²) < 4.78 is 0. The van der Waals surface area contributed by atoms with Crippen molar-refractivity contribution in [2.75, 3.05) is 20.6 Å². The SMILES string of the molecule is CC(C)CC(CN(C)C)NC(=O)C1(C(=O)O)CCC1. The van der Waals surface area contributed by atoms with Crippen molar-refractivity contribution in [2.45, 2.75) is 45.6 Å². The molecule has 0 radical (unpaired) electrons. The summed E-state index contributed by atoms with van der Waals surface area (Å²) in [6, 6.07) is 0.0133. The van der Waals surface area contributed by atoms with Crippen LogP contribution in [0.4, 0.5) is 0 Å². The average Bonchev–Trinajstić information content (AvgIpc) is 2.11. The maximum absolute atomic E-state index is 12.3. The van der Waals surface area contributed by atoms with Crippen LogP contribution in [0.5, 0.6) is 0 Å². The first-order valence-electron chi connectivity index (χ1n) is 6.97. The minimum absolute atomic E-state index is 0.0133. The Morgan fingerprint density at radius 1 is 1.32 bits per heavy atom. The molecule has 0 aromatic carbocycles. The molecule has 0 aliphatic heterocycles. The van der Waals surface area contributed by atoms with E-state index in [1.165, 1.54) is 0 Å². The molecular weight excluding hydrogens is 244 g/mol. The fourth-order valence-corrected chi connectivity index (χ4v) is 2.58. The molecule has 5 nitrogen and oxygen atoms in total. The van der Waals surface area contributed by atoms with E-state index >= 15 is 0 Å². The van der Waals surface area contributed by atoms with E-state index < -0.39 is 11.4 Å². The highest BCUT2D eigenvalue weighted by molar-refractivity contribution is 6.02. The van der Waals surface area contributed by atoms with Crippen molar-refractivity contribution in [3.63, 3.8) is 0 Å². The summed E-state index contributed by atoms with van der Waals surface area (Å²) in [5, 5.41) is 12.2. The van der Waals surface area contributed by atoms with Crippen molar-refractivity contribution in [1.82, 2.24) is 10.2 Å². The molecule has 2 N–H and O–H groups in total. The molecule has 1 fully saturated rings. The average molecular weight is 270 g/mol. The van der Waals surface area contributed by atoms with Gasteiger partial charge in [-0.25, -0.2) is 0 Å². The van der Waals surface area contributed by atoms with Crippen LogP contribution in [0.3, 0.4) is 0 Å². The number of nitrogens with zero attached hydrogens (tertiary/aromatic N) is 1. The second kappa shape index (κ2) is 6.37. The Balaban J connectivity index is 2.67. The zero-order valence-electron chi connectivity index (χ0n) is 12.4. The molecule has 1 saturated carbocycles. The van der Waals surface area contributed by atoms with Crippen molar-refractivity contribution in [1.29, 1.82) is 0 Å². The molecule has 1 atom stereocenters. The molecule has 0 heterocycles. The second-order valence-electron chi connectivity index (χ2n) is 6.30. The lowest BCUT2D eigenvalue weighted by atomic mass is 9.68. The van der Waals surface area contributed by atoms with Gasteiger partial charge in [0.05, 0.1) is 0 Å². The number of carboxylic acids is 1. The number of carbonyl (C=O) groups excluding carboxylic acids is 1. The third kappa shape index (κ3) is 3.93. The first kappa shape index (κ1) is 16.0. The molecule has 0 spiro atoms. The van der Waals surface area contributed by atoms with Crippen molar-refractivity contribution in [2.24, 2.45) is 11.3 Å². The van der Waals surface area contributed by atoms with E-state index in [2.05, 4.69) is 19.2 Å². The number of carboxylic acid groups (broad SMARTS) is 1. The van der Waals surface area contributed by atoms with Gasteiger partial charge in [0.2, 0.25) is 5.91 Å². The molecule has 19 heavy (non-hydrogen) atoms. The molecule has 5 heteroatoms. The predicted octanol–water partition coefficient (Wildman–Crippen LogP) is 1.33. The molecule has 0 saturated heterocycles. The predicted molar refractivity (Wildman–Crippen MR) is 73.9 cm³/mol. The second-order valence-corrected chi connectivity index (χ2v) is 6.30. The lowest BCUT2D eigenvalue weighted by Gasteiger charge is -2.37. The Hall–Kier alpha value is -1.10. The van der Waals surface area contributed by atoms with Crippen molar-refractivity contribution in [3.05, 3.63) is 0 Å². The van der Waals surface area contributed by atoms with E-state index in [0.717, 1.165) is 19.4 Å². The van der Waals surface area contributed by atoms with Crippen LogP contribution < -0.4 is 5.32 Å². The summed E-state index contributed by atoms with van der Waals surface area (Å²) in [5.41, 5.74) is -1.17. The maximum Gasteiger partial charge on any atom is 0.319 e. The van der Waals surface area contributed by atoms with E-state index in [1.54, 1.807) is 0 Å². The Kier molecular flexibility index (Phi) is 5.35. The summed E-state index contributed by atoms with van der Waals surface area (Å²) in [6.45, 7) is 4.94. The van der Waals surface area contributed by atoms with Gasteiger partial charge >= 0.3 is 5.97 Å². The summed E-state index contributed by atoms with van der Waals surface area (Å²) in [7, 11) is 3.91. The minimum Gasteiger partial charge on any atom is -0.480 e. The quantitative estimate of drug-likeness (QED) is 0.685. The highest BCUT2D eigenvalue weighted by Crippen LogP contribution is 2.41. The van der Waals surface area contributed by atoms with Crippen molar-refractivity contribution in [3.8, 4) is 0 Å². The van der Waals surface area contributed by atoms with Crippen LogP contribution >= 0.6 is 0 Å². The fourth-order valence-electron chi connectivity index (χ4n) is 2.58. The van der Waals surface area contributed by atoms with E-state index in [-0.39, 0.29) is 11.9 Å². The van der Waals surface area contributed by atoms with E-state index in [1.807, 2.05) is 19.0 Å². The summed E-state index contributed by atoms with van der Waals surface area (Å²) >= 11 is 0. The van der Waals surface area contributed by atoms with Crippen LogP contribution in [-0.2, 0) is 9.59 Å². The number of nitrogens with one attached hydrogen (secondary N) is 1. The van der Waals surface area contributed by atoms with Gasteiger partial charge in [-0.3, -0.25) is 9.59 Å². The summed E-state index contributed by atoms with van der Waals surface area (Å²) in [5.74, 6) is -0.824. The Bertz CT molecular complexity index is 326. The lowest BCUT2D eigenvalue weighted by molar-refractivity contribution is -0.162. The Morgan fingerprint density at radius 3 is 2.21 bits per heavy atom. The van der Waals surface area contributed by atoms with Crippen LogP contribution in [-0.4, -0.2) is 48.6 Å². The zero-order chi connectivity index (χ0) is 14.6. The highest BCUT2D eigenvalue weighted by Gasteiger charge is 2.51. The topological polar surface area (TPSA) is 69.6 Å². The van der Waals surface area contributed by atoms with Gasteiger partial charge in [-0.2, -0.15) is 0 Å². The molecule has 0 bridgehead atoms. The van der Waals surface area contributed by atoms with Gasteiger partial charge in [0, 0.05) is 12.6 Å². The number of carbonyl (C=O) groups is 2. The first-order valence-corrected chi connectivity index (χ1v) is 6.97.